The molecule has 1 aromatic heterocycles. The van der Waals surface area contributed by atoms with Crippen LogP contribution in [0, 0.1) is 0 Å². The summed E-state index contributed by atoms with van der Waals surface area (Å²) in [5, 5.41) is 0. The first-order valence-electron chi connectivity index (χ1n) is 5.69. The number of nitrogens with zero attached hydrogens (tertiary/aromatic N) is 1. The van der Waals surface area contributed by atoms with Gasteiger partial charge in [0.25, 0.3) is 5.56 Å². The summed E-state index contributed by atoms with van der Waals surface area (Å²) in [5.74, 6) is 0. The van der Waals surface area contributed by atoms with Crippen molar-refractivity contribution in [2.45, 2.75) is 24.9 Å². The zero-order chi connectivity index (χ0) is 14.5. The van der Waals surface area contributed by atoms with Crippen LogP contribution >= 0.6 is 24.1 Å². The highest BCUT2D eigenvalue weighted by Crippen LogP contribution is 2.58. The van der Waals surface area contributed by atoms with Crippen LogP contribution in [0.5, 0.6) is 0 Å². The van der Waals surface area contributed by atoms with E-state index in [1.165, 1.54) is 10.8 Å². The van der Waals surface area contributed by atoms with Gasteiger partial charge in [0.1, 0.15) is 25.0 Å². The first-order chi connectivity index (χ1) is 9.35. The zero-order valence-corrected chi connectivity index (χ0v) is 12.4. The number of H-pyrrole nitrogens is 1. The van der Waals surface area contributed by atoms with Crippen LogP contribution in [0.1, 0.15) is 12.6 Å². The molecular formula is C9H11BrN2O7P+. The van der Waals surface area contributed by atoms with E-state index < -0.39 is 37.9 Å². The maximum Gasteiger partial charge on any atom is 0.570 e. The number of aromatic nitrogens is 2. The number of hydrogen-bond acceptors (Lipinski definition) is 7. The first-order valence-corrected chi connectivity index (χ1v) is 8.02. The maximum absolute atomic E-state index is 11.8. The molecular weight excluding hydrogens is 359 g/mol. The van der Waals surface area contributed by atoms with Crippen LogP contribution in [-0.2, 0) is 13.8 Å². The van der Waals surface area contributed by atoms with E-state index in [1.807, 2.05) is 0 Å². The van der Waals surface area contributed by atoms with E-state index in [0.717, 1.165) is 0 Å². The van der Waals surface area contributed by atoms with Crippen LogP contribution in [0.4, 0.5) is 0 Å². The monoisotopic (exact) mass is 369 g/mol. The van der Waals surface area contributed by atoms with E-state index in [9.17, 15) is 19.4 Å². The molecule has 3 heterocycles. The average Bonchev–Trinajstić information content (AvgIpc) is 2.74. The first kappa shape index (κ1) is 14.3. The minimum absolute atomic E-state index is 0.0266. The lowest BCUT2D eigenvalue weighted by Crippen LogP contribution is -2.34. The van der Waals surface area contributed by atoms with E-state index in [4.69, 9.17) is 13.8 Å². The molecule has 2 aliphatic rings. The Morgan fingerprint density at radius 3 is 2.90 bits per heavy atom. The van der Waals surface area contributed by atoms with Crippen molar-refractivity contribution >= 4 is 24.1 Å². The lowest BCUT2D eigenvalue weighted by atomic mass is 10.2. The number of halogens is 1. The van der Waals surface area contributed by atoms with Crippen LogP contribution in [-0.4, -0.2) is 38.2 Å². The van der Waals surface area contributed by atoms with Gasteiger partial charge in [0.2, 0.25) is 0 Å². The molecule has 2 fully saturated rings. The fraction of sp³-hybridized carbons (Fsp3) is 0.556. The predicted octanol–water partition coefficient (Wildman–Crippen LogP) is -0.336. The van der Waals surface area contributed by atoms with Gasteiger partial charge in [0, 0.05) is 12.6 Å². The quantitative estimate of drug-likeness (QED) is 0.578. The summed E-state index contributed by atoms with van der Waals surface area (Å²) in [5.41, 5.74) is -1.14. The standard InChI is InChI=1S/C9H10BrN2O7P/c10-4-2-12(9(14)11-8(4)13)7-1-5-6(18-7)3-17-20(15,16)19-5/h2,5-7,15-16H,1,3H2/p+1/t5-,6+,7+/m0/s1. The summed E-state index contributed by atoms with van der Waals surface area (Å²) in [6.45, 7) is -0.0266. The third-order valence-corrected chi connectivity index (χ3v) is 4.69. The third-order valence-electron chi connectivity index (χ3n) is 3.09. The molecule has 110 valence electrons. The Hall–Kier alpha value is -0.610. The minimum Gasteiger partial charge on any atom is -0.349 e. The van der Waals surface area contributed by atoms with Gasteiger partial charge >= 0.3 is 13.9 Å². The lowest BCUT2D eigenvalue weighted by Gasteiger charge is -2.23. The number of hydrogen-bond donors (Lipinski definition) is 3. The van der Waals surface area contributed by atoms with Crippen molar-refractivity contribution in [3.05, 3.63) is 31.5 Å². The van der Waals surface area contributed by atoms with Crippen molar-refractivity contribution in [3.8, 4) is 0 Å². The van der Waals surface area contributed by atoms with Gasteiger partial charge in [0.05, 0.1) is 4.47 Å². The van der Waals surface area contributed by atoms with Gasteiger partial charge in [-0.15, -0.1) is 4.52 Å². The second kappa shape index (κ2) is 4.99. The highest BCUT2D eigenvalue weighted by atomic mass is 79.9. The molecule has 3 N–H and O–H groups in total. The van der Waals surface area contributed by atoms with Crippen molar-refractivity contribution in [2.24, 2.45) is 0 Å². The fourth-order valence-corrected chi connectivity index (χ4v) is 3.48. The van der Waals surface area contributed by atoms with Crippen molar-refractivity contribution in [1.29, 1.82) is 0 Å². The van der Waals surface area contributed by atoms with Crippen LogP contribution in [0.2, 0.25) is 0 Å². The molecule has 9 nitrogen and oxygen atoms in total. The summed E-state index contributed by atoms with van der Waals surface area (Å²) in [6.07, 6.45) is -0.174. The maximum atomic E-state index is 11.8. The number of ether oxygens (including phenoxy) is 1. The topological polar surface area (TPSA) is 123 Å². The number of aromatic amines is 1. The van der Waals surface area contributed by atoms with Gasteiger partial charge in [-0.3, -0.25) is 14.3 Å². The average molecular weight is 370 g/mol. The smallest absolute Gasteiger partial charge is 0.349 e. The normalized spacial score (nSPS) is 32.0. The molecule has 0 amide bonds. The van der Waals surface area contributed by atoms with Gasteiger partial charge < -0.3 is 4.74 Å². The Bertz CT molecular complexity index is 644. The SMILES string of the molecule is O=c1[nH]c(=O)n([C@H]2C[C@@H]3O[P+](O)(O)OC[C@H]3O2)cc1Br. The van der Waals surface area contributed by atoms with E-state index in [-0.39, 0.29) is 17.5 Å². The third kappa shape index (κ3) is 2.60. The van der Waals surface area contributed by atoms with Gasteiger partial charge in [-0.05, 0) is 15.9 Å². The van der Waals surface area contributed by atoms with Gasteiger partial charge in [-0.25, -0.2) is 4.79 Å². The Morgan fingerprint density at radius 1 is 1.40 bits per heavy atom. The van der Waals surface area contributed by atoms with Gasteiger partial charge in [-0.2, -0.15) is 14.3 Å². The molecule has 1 aromatic rings. The molecule has 0 radical (unpaired) electrons. The highest BCUT2D eigenvalue weighted by molar-refractivity contribution is 9.10. The molecule has 2 aliphatic heterocycles. The molecule has 3 rings (SSSR count). The molecule has 0 unspecified atom stereocenters. The summed E-state index contributed by atoms with van der Waals surface area (Å²) in [4.78, 5) is 43.9. The number of nitrogens with one attached hydrogen (secondary N) is 1. The lowest BCUT2D eigenvalue weighted by molar-refractivity contribution is -0.0764. The molecule has 0 bridgehead atoms. The molecule has 3 atom stereocenters. The Labute approximate surface area is 120 Å². The minimum atomic E-state index is -3.79. The van der Waals surface area contributed by atoms with Gasteiger partial charge in [0.15, 0.2) is 0 Å². The van der Waals surface area contributed by atoms with Crippen molar-refractivity contribution in [3.63, 3.8) is 0 Å². The summed E-state index contributed by atoms with van der Waals surface area (Å²) < 4.78 is 16.8. The fourth-order valence-electron chi connectivity index (χ4n) is 2.18. The second-order valence-corrected chi connectivity index (χ2v) is 6.74. The largest absolute Gasteiger partial charge is 0.570 e. The molecule has 20 heavy (non-hydrogen) atoms. The van der Waals surface area contributed by atoms with E-state index in [0.29, 0.717) is 0 Å². The van der Waals surface area contributed by atoms with Crippen molar-refractivity contribution < 1.29 is 23.6 Å². The second-order valence-electron chi connectivity index (χ2n) is 4.44. The van der Waals surface area contributed by atoms with Crippen molar-refractivity contribution in [1.82, 2.24) is 9.55 Å². The number of fused-ring (bicyclic) bond motifs is 1. The molecule has 0 saturated carbocycles. The Kier molecular flexibility index (Phi) is 3.57. The van der Waals surface area contributed by atoms with Crippen LogP contribution in [0.15, 0.2) is 20.3 Å². The van der Waals surface area contributed by atoms with E-state index in [2.05, 4.69) is 20.9 Å². The predicted molar refractivity (Wildman–Crippen MR) is 69.7 cm³/mol. The van der Waals surface area contributed by atoms with Crippen LogP contribution < -0.4 is 11.2 Å². The van der Waals surface area contributed by atoms with Gasteiger partial charge in [-0.1, -0.05) is 0 Å². The zero-order valence-electron chi connectivity index (χ0n) is 9.93. The van der Waals surface area contributed by atoms with E-state index in [1.54, 1.807) is 0 Å². The Balaban J connectivity index is 1.86. The summed E-state index contributed by atoms with van der Waals surface area (Å²) in [7, 11) is -3.79. The van der Waals surface area contributed by atoms with Crippen LogP contribution in [0.25, 0.3) is 0 Å². The highest BCUT2D eigenvalue weighted by Gasteiger charge is 2.55. The molecule has 0 aliphatic carbocycles. The van der Waals surface area contributed by atoms with Crippen molar-refractivity contribution in [2.75, 3.05) is 6.61 Å². The van der Waals surface area contributed by atoms with Crippen LogP contribution in [0.3, 0.4) is 0 Å². The molecule has 11 heteroatoms. The summed E-state index contributed by atoms with van der Waals surface area (Å²) >= 11 is 3.03. The molecule has 0 aromatic carbocycles. The molecule has 0 spiro atoms. The number of rotatable bonds is 1. The van der Waals surface area contributed by atoms with E-state index >= 15 is 0 Å². The summed E-state index contributed by atoms with van der Waals surface area (Å²) in [6, 6.07) is 0. The Morgan fingerprint density at radius 2 is 2.15 bits per heavy atom. The molecule has 2 saturated heterocycles.